The third-order valence-electron chi connectivity index (χ3n) is 3.04. The zero-order valence-corrected chi connectivity index (χ0v) is 12.7. The molecule has 0 aliphatic carbocycles. The van der Waals surface area contributed by atoms with E-state index in [1.54, 1.807) is 16.9 Å². The Bertz CT molecular complexity index is 601. The van der Waals surface area contributed by atoms with E-state index in [1.807, 2.05) is 27.7 Å². The summed E-state index contributed by atoms with van der Waals surface area (Å²) in [6.07, 6.45) is 2.36. The van der Waals surface area contributed by atoms with Crippen LogP contribution in [0.4, 0.5) is 10.6 Å². The molecule has 0 aromatic carbocycles. The predicted molar refractivity (Wildman–Crippen MR) is 78.9 cm³/mol. The summed E-state index contributed by atoms with van der Waals surface area (Å²) in [4.78, 5) is 16.4. The fourth-order valence-electron chi connectivity index (χ4n) is 2.00. The maximum absolute atomic E-state index is 12.1. The Kier molecular flexibility index (Phi) is 4.56. The van der Waals surface area contributed by atoms with Crippen molar-refractivity contribution in [2.24, 2.45) is 0 Å². The Balaban J connectivity index is 2.01. The smallest absolute Gasteiger partial charge is 0.320 e. The molecule has 3 N–H and O–H groups in total. The number of anilines is 1. The molecule has 8 heteroatoms. The molecular formula is C13H21N7O. The summed E-state index contributed by atoms with van der Waals surface area (Å²) in [6, 6.07) is 1.40. The van der Waals surface area contributed by atoms with Gasteiger partial charge in [-0.15, -0.1) is 0 Å². The zero-order chi connectivity index (χ0) is 15.4. The molecule has 1 atom stereocenters. The highest BCUT2D eigenvalue weighted by Crippen LogP contribution is 2.15. The number of urea groups is 1. The van der Waals surface area contributed by atoms with Crippen LogP contribution >= 0.6 is 0 Å². The van der Waals surface area contributed by atoms with E-state index in [-0.39, 0.29) is 18.1 Å². The van der Waals surface area contributed by atoms with Gasteiger partial charge in [-0.25, -0.2) is 14.5 Å². The molecule has 21 heavy (non-hydrogen) atoms. The highest BCUT2D eigenvalue weighted by atomic mass is 16.2. The highest BCUT2D eigenvalue weighted by Gasteiger charge is 2.18. The van der Waals surface area contributed by atoms with E-state index in [9.17, 15) is 4.79 Å². The molecule has 0 saturated carbocycles. The van der Waals surface area contributed by atoms with E-state index < -0.39 is 0 Å². The van der Waals surface area contributed by atoms with E-state index in [1.165, 1.54) is 0 Å². The largest absolute Gasteiger partial charge is 0.328 e. The van der Waals surface area contributed by atoms with Crippen LogP contribution in [0.3, 0.4) is 0 Å². The summed E-state index contributed by atoms with van der Waals surface area (Å²) in [5.41, 5.74) is 0. The number of carbonyl (C=O) groups is 1. The number of aromatic nitrogens is 5. The molecule has 8 nitrogen and oxygen atoms in total. The van der Waals surface area contributed by atoms with Gasteiger partial charge >= 0.3 is 6.03 Å². The molecule has 0 radical (unpaired) electrons. The molecule has 0 saturated heterocycles. The van der Waals surface area contributed by atoms with Crippen molar-refractivity contribution in [2.45, 2.75) is 46.2 Å². The van der Waals surface area contributed by atoms with Crippen molar-refractivity contribution >= 4 is 11.8 Å². The van der Waals surface area contributed by atoms with Crippen LogP contribution in [0.15, 0.2) is 12.3 Å². The normalized spacial score (nSPS) is 12.4. The number of hydrogen-bond donors (Lipinski definition) is 3. The number of amides is 2. The first-order chi connectivity index (χ1) is 10.0. The molecule has 0 aliphatic heterocycles. The maximum Gasteiger partial charge on any atom is 0.320 e. The Morgan fingerprint density at radius 3 is 2.81 bits per heavy atom. The fourth-order valence-corrected chi connectivity index (χ4v) is 2.00. The van der Waals surface area contributed by atoms with Crippen molar-refractivity contribution in [3.63, 3.8) is 0 Å². The lowest BCUT2D eigenvalue weighted by molar-refractivity contribution is 0.247. The fraction of sp³-hybridized carbons (Fsp3) is 0.538. The molecule has 0 fully saturated rings. The van der Waals surface area contributed by atoms with Gasteiger partial charge in [0.1, 0.15) is 11.6 Å². The number of rotatable bonds is 5. The van der Waals surface area contributed by atoms with Gasteiger partial charge in [0.2, 0.25) is 0 Å². The lowest BCUT2D eigenvalue weighted by Crippen LogP contribution is -2.33. The molecule has 2 amide bonds. The average molecular weight is 291 g/mol. The number of aromatic amines is 1. The van der Waals surface area contributed by atoms with E-state index in [2.05, 4.69) is 30.9 Å². The van der Waals surface area contributed by atoms with Crippen LogP contribution < -0.4 is 10.6 Å². The van der Waals surface area contributed by atoms with E-state index >= 15 is 0 Å². The van der Waals surface area contributed by atoms with Crippen molar-refractivity contribution in [1.29, 1.82) is 0 Å². The van der Waals surface area contributed by atoms with Gasteiger partial charge in [-0.2, -0.15) is 10.2 Å². The number of H-pyrrole nitrogens is 1. The second-order valence-electron chi connectivity index (χ2n) is 5.09. The maximum atomic E-state index is 12.1. The second kappa shape index (κ2) is 6.38. The van der Waals surface area contributed by atoms with Crippen molar-refractivity contribution in [3.8, 4) is 0 Å². The van der Waals surface area contributed by atoms with Gasteiger partial charge in [0.15, 0.2) is 5.82 Å². The minimum atomic E-state index is -0.299. The van der Waals surface area contributed by atoms with Crippen molar-refractivity contribution in [2.75, 3.05) is 5.32 Å². The summed E-state index contributed by atoms with van der Waals surface area (Å²) in [5, 5.41) is 16.7. The van der Waals surface area contributed by atoms with Crippen molar-refractivity contribution < 1.29 is 4.79 Å². The SMILES string of the molecule is CC[C@H](NC(=O)Nc1ccnn1C(C)C)c1n[nH]c(C)n1. The van der Waals surface area contributed by atoms with Crippen LogP contribution in [0, 0.1) is 6.92 Å². The predicted octanol–water partition coefficient (Wildman–Crippen LogP) is 2.16. The first-order valence-electron chi connectivity index (χ1n) is 7.01. The summed E-state index contributed by atoms with van der Waals surface area (Å²) in [7, 11) is 0. The van der Waals surface area contributed by atoms with Gasteiger partial charge in [-0.3, -0.25) is 10.4 Å². The molecule has 114 valence electrons. The van der Waals surface area contributed by atoms with Gasteiger partial charge in [-0.05, 0) is 27.2 Å². The molecule has 2 heterocycles. The van der Waals surface area contributed by atoms with E-state index in [0.29, 0.717) is 18.1 Å². The van der Waals surface area contributed by atoms with Gasteiger partial charge in [0.05, 0.1) is 12.2 Å². The van der Waals surface area contributed by atoms with Gasteiger partial charge in [0, 0.05) is 12.1 Å². The third kappa shape index (κ3) is 3.59. The van der Waals surface area contributed by atoms with Crippen LogP contribution in [0.25, 0.3) is 0 Å². The quantitative estimate of drug-likeness (QED) is 0.785. The molecule has 0 spiro atoms. The molecule has 2 rings (SSSR count). The summed E-state index contributed by atoms with van der Waals surface area (Å²) in [6.45, 7) is 7.79. The Morgan fingerprint density at radius 2 is 2.24 bits per heavy atom. The summed E-state index contributed by atoms with van der Waals surface area (Å²) < 4.78 is 1.75. The first-order valence-corrected chi connectivity index (χ1v) is 7.01. The van der Waals surface area contributed by atoms with Crippen LogP contribution in [-0.2, 0) is 0 Å². The second-order valence-corrected chi connectivity index (χ2v) is 5.09. The number of nitrogens with zero attached hydrogens (tertiary/aromatic N) is 4. The number of nitrogens with one attached hydrogen (secondary N) is 3. The number of hydrogen-bond acceptors (Lipinski definition) is 4. The van der Waals surface area contributed by atoms with Gasteiger partial charge < -0.3 is 5.32 Å². The zero-order valence-electron chi connectivity index (χ0n) is 12.7. The minimum Gasteiger partial charge on any atom is -0.328 e. The van der Waals surface area contributed by atoms with Crippen LogP contribution in [0.1, 0.15) is 50.9 Å². The summed E-state index contributed by atoms with van der Waals surface area (Å²) >= 11 is 0. The Labute approximate surface area is 123 Å². The molecular weight excluding hydrogens is 270 g/mol. The van der Waals surface area contributed by atoms with Crippen molar-refractivity contribution in [1.82, 2.24) is 30.3 Å². The monoisotopic (exact) mass is 291 g/mol. The Morgan fingerprint density at radius 1 is 1.48 bits per heavy atom. The molecule has 0 aliphatic rings. The van der Waals surface area contributed by atoms with Crippen LogP contribution in [0.5, 0.6) is 0 Å². The highest BCUT2D eigenvalue weighted by molar-refractivity contribution is 5.88. The Hall–Kier alpha value is -2.38. The topological polar surface area (TPSA) is 101 Å². The first kappa shape index (κ1) is 15.0. The standard InChI is InChI=1S/C13H21N7O/c1-5-10(12-15-9(4)18-19-12)16-13(21)17-11-6-7-14-20(11)8(2)3/h6-8,10H,5H2,1-4H3,(H,15,18,19)(H2,16,17,21)/t10-/m0/s1. The minimum absolute atomic E-state index is 0.174. The molecule has 0 bridgehead atoms. The van der Waals surface area contributed by atoms with Crippen LogP contribution in [0.2, 0.25) is 0 Å². The number of carbonyl (C=O) groups excluding carboxylic acids is 1. The van der Waals surface area contributed by atoms with Gasteiger partial charge in [0.25, 0.3) is 0 Å². The average Bonchev–Trinajstić information content (AvgIpc) is 3.05. The molecule has 2 aromatic heterocycles. The van der Waals surface area contributed by atoms with Crippen LogP contribution in [-0.4, -0.2) is 31.0 Å². The van der Waals surface area contributed by atoms with Gasteiger partial charge in [-0.1, -0.05) is 6.92 Å². The lowest BCUT2D eigenvalue weighted by Gasteiger charge is -2.16. The van der Waals surface area contributed by atoms with Crippen molar-refractivity contribution in [3.05, 3.63) is 23.9 Å². The van der Waals surface area contributed by atoms with E-state index in [0.717, 1.165) is 5.82 Å². The number of aryl methyl sites for hydroxylation is 1. The third-order valence-corrected chi connectivity index (χ3v) is 3.04. The van der Waals surface area contributed by atoms with E-state index in [4.69, 9.17) is 0 Å². The lowest BCUT2D eigenvalue weighted by atomic mass is 10.2. The molecule has 2 aromatic rings. The molecule has 0 unspecified atom stereocenters. The summed E-state index contributed by atoms with van der Waals surface area (Å²) in [5.74, 6) is 1.97.